The highest BCUT2D eigenvalue weighted by molar-refractivity contribution is 7.91. The van der Waals surface area contributed by atoms with Crippen molar-refractivity contribution in [1.82, 2.24) is 0 Å². The second-order valence-electron chi connectivity index (χ2n) is 4.37. The van der Waals surface area contributed by atoms with Crippen molar-refractivity contribution in [2.45, 2.75) is 24.4 Å². The molecule has 0 aliphatic carbocycles. The first kappa shape index (κ1) is 16.8. The zero-order valence-electron chi connectivity index (χ0n) is 10.9. The zero-order chi connectivity index (χ0) is 15.4. The lowest BCUT2D eigenvalue weighted by Crippen LogP contribution is -2.18. The molecule has 0 atom stereocenters. The molecule has 8 heteroatoms. The first-order chi connectivity index (χ1) is 9.12. The molecule has 2 N–H and O–H groups in total. The third-order valence-corrected chi connectivity index (χ3v) is 4.46. The van der Waals surface area contributed by atoms with Gasteiger partial charge in [0.15, 0.2) is 9.84 Å². The topological polar surface area (TPSA) is 69.4 Å². The number of sulfone groups is 1. The fourth-order valence-electron chi connectivity index (χ4n) is 1.67. The van der Waals surface area contributed by atoms with Gasteiger partial charge in [0.2, 0.25) is 0 Å². The number of rotatable bonds is 6. The molecule has 1 aromatic carbocycles. The number of alkyl halides is 3. The van der Waals surface area contributed by atoms with Gasteiger partial charge in [-0.25, -0.2) is 8.42 Å². The van der Waals surface area contributed by atoms with Gasteiger partial charge in [0.1, 0.15) is 6.61 Å². The van der Waals surface area contributed by atoms with Crippen molar-refractivity contribution >= 4 is 15.5 Å². The van der Waals surface area contributed by atoms with Crippen molar-refractivity contribution in [2.24, 2.45) is 0 Å². The highest BCUT2D eigenvalue weighted by Crippen LogP contribution is 2.20. The molecule has 0 aromatic heterocycles. The predicted molar refractivity (Wildman–Crippen MR) is 69.1 cm³/mol. The summed E-state index contributed by atoms with van der Waals surface area (Å²) >= 11 is 0. The number of anilines is 1. The van der Waals surface area contributed by atoms with Crippen LogP contribution in [0.2, 0.25) is 0 Å². The van der Waals surface area contributed by atoms with Crippen molar-refractivity contribution in [3.8, 4) is 0 Å². The van der Waals surface area contributed by atoms with Crippen molar-refractivity contribution < 1.29 is 26.3 Å². The second kappa shape index (κ2) is 6.45. The fraction of sp³-hybridized carbons (Fsp3) is 0.500. The Labute approximate surface area is 115 Å². The number of aryl methyl sites for hydroxylation is 1. The maximum absolute atomic E-state index is 12.0. The van der Waals surface area contributed by atoms with E-state index in [4.69, 9.17) is 5.73 Å². The van der Waals surface area contributed by atoms with E-state index in [0.717, 1.165) is 0 Å². The van der Waals surface area contributed by atoms with Gasteiger partial charge >= 0.3 is 6.18 Å². The smallest absolute Gasteiger partial charge is 0.399 e. The van der Waals surface area contributed by atoms with Gasteiger partial charge < -0.3 is 10.5 Å². The summed E-state index contributed by atoms with van der Waals surface area (Å²) in [5.41, 5.74) is 6.50. The largest absolute Gasteiger partial charge is 0.411 e. The van der Waals surface area contributed by atoms with Gasteiger partial charge in [-0.3, -0.25) is 0 Å². The van der Waals surface area contributed by atoms with Crippen molar-refractivity contribution in [1.29, 1.82) is 0 Å². The molecule has 0 radical (unpaired) electrons. The number of nitrogens with two attached hydrogens (primary N) is 1. The Bertz CT molecular complexity index is 556. The molecule has 0 saturated carbocycles. The highest BCUT2D eigenvalue weighted by atomic mass is 32.2. The van der Waals surface area contributed by atoms with Crippen LogP contribution in [0.25, 0.3) is 0 Å². The van der Waals surface area contributed by atoms with E-state index < -0.39 is 22.6 Å². The van der Waals surface area contributed by atoms with E-state index >= 15 is 0 Å². The van der Waals surface area contributed by atoms with E-state index in [1.807, 2.05) is 0 Å². The Morgan fingerprint density at radius 3 is 2.50 bits per heavy atom. The molecule has 1 aromatic rings. The molecule has 20 heavy (non-hydrogen) atoms. The summed E-state index contributed by atoms with van der Waals surface area (Å²) < 4.78 is 63.8. The Kier molecular flexibility index (Phi) is 5.41. The van der Waals surface area contributed by atoms with E-state index in [2.05, 4.69) is 4.74 Å². The summed E-state index contributed by atoms with van der Waals surface area (Å²) in [5, 5.41) is 0. The molecule has 114 valence electrons. The van der Waals surface area contributed by atoms with Crippen LogP contribution in [-0.2, 0) is 14.6 Å². The number of ether oxygens (including phenoxy) is 1. The van der Waals surface area contributed by atoms with Crippen LogP contribution < -0.4 is 5.73 Å². The van der Waals surface area contributed by atoms with Crippen LogP contribution in [0.15, 0.2) is 23.1 Å². The van der Waals surface area contributed by atoms with E-state index in [-0.39, 0.29) is 23.7 Å². The average Bonchev–Trinajstić information content (AvgIpc) is 2.26. The predicted octanol–water partition coefficient (Wildman–Crippen LogP) is 2.32. The third kappa shape index (κ3) is 5.38. The molecule has 0 unspecified atom stereocenters. The lowest BCUT2D eigenvalue weighted by molar-refractivity contribution is -0.173. The summed E-state index contributed by atoms with van der Waals surface area (Å²) in [6, 6.07) is 4.41. The molecule has 0 spiro atoms. The van der Waals surface area contributed by atoms with Gasteiger partial charge in [-0.1, -0.05) is 0 Å². The molecule has 0 aliphatic rings. The standard InChI is InChI=1S/C12H16F3NO3S/c1-9-7-10(16)3-4-11(9)20(17,18)6-2-5-19-8-12(13,14)15/h3-4,7H,2,5-6,8,16H2,1H3. The van der Waals surface area contributed by atoms with Gasteiger partial charge in [0.05, 0.1) is 10.6 Å². The van der Waals surface area contributed by atoms with Crippen molar-refractivity contribution in [3.05, 3.63) is 23.8 Å². The van der Waals surface area contributed by atoms with Crippen LogP contribution in [0.3, 0.4) is 0 Å². The molecular formula is C12H16F3NO3S. The van der Waals surface area contributed by atoms with E-state index in [9.17, 15) is 21.6 Å². The van der Waals surface area contributed by atoms with E-state index in [1.165, 1.54) is 18.2 Å². The minimum Gasteiger partial charge on any atom is -0.399 e. The quantitative estimate of drug-likeness (QED) is 0.646. The number of benzene rings is 1. The Morgan fingerprint density at radius 1 is 1.30 bits per heavy atom. The lowest BCUT2D eigenvalue weighted by atomic mass is 10.2. The monoisotopic (exact) mass is 311 g/mol. The summed E-state index contributed by atoms with van der Waals surface area (Å²) in [6.07, 6.45) is -4.39. The maximum Gasteiger partial charge on any atom is 0.411 e. The summed E-state index contributed by atoms with van der Waals surface area (Å²) in [7, 11) is -3.54. The van der Waals surface area contributed by atoms with Gasteiger partial charge in [0, 0.05) is 12.3 Å². The number of hydrogen-bond donors (Lipinski definition) is 1. The Morgan fingerprint density at radius 2 is 1.95 bits per heavy atom. The Balaban J connectivity index is 2.54. The molecule has 4 nitrogen and oxygen atoms in total. The fourth-order valence-corrected chi connectivity index (χ4v) is 3.21. The van der Waals surface area contributed by atoms with Crippen LogP contribution in [0, 0.1) is 6.92 Å². The van der Waals surface area contributed by atoms with Gasteiger partial charge in [-0.15, -0.1) is 0 Å². The summed E-state index contributed by atoms with van der Waals surface area (Å²) in [6.45, 7) is -0.00982. The van der Waals surface area contributed by atoms with Gasteiger partial charge in [-0.2, -0.15) is 13.2 Å². The molecule has 0 aliphatic heterocycles. The molecule has 0 bridgehead atoms. The second-order valence-corrected chi connectivity index (χ2v) is 6.44. The lowest BCUT2D eigenvalue weighted by Gasteiger charge is -2.09. The van der Waals surface area contributed by atoms with Crippen LogP contribution in [0.5, 0.6) is 0 Å². The molecular weight excluding hydrogens is 295 g/mol. The van der Waals surface area contributed by atoms with E-state index in [0.29, 0.717) is 11.3 Å². The van der Waals surface area contributed by atoms with Gasteiger partial charge in [-0.05, 0) is 37.1 Å². The van der Waals surface area contributed by atoms with Crippen LogP contribution in [-0.4, -0.2) is 33.6 Å². The third-order valence-electron chi connectivity index (χ3n) is 2.50. The van der Waals surface area contributed by atoms with Crippen molar-refractivity contribution in [2.75, 3.05) is 24.7 Å². The SMILES string of the molecule is Cc1cc(N)ccc1S(=O)(=O)CCCOCC(F)(F)F. The zero-order valence-corrected chi connectivity index (χ0v) is 11.7. The highest BCUT2D eigenvalue weighted by Gasteiger charge is 2.27. The number of halogens is 3. The van der Waals surface area contributed by atoms with Crippen molar-refractivity contribution in [3.63, 3.8) is 0 Å². The molecule has 0 fully saturated rings. The minimum absolute atomic E-state index is 0.00221. The average molecular weight is 311 g/mol. The Hall–Kier alpha value is -1.28. The normalized spacial score (nSPS) is 12.6. The summed E-state index contributed by atoms with van der Waals surface area (Å²) in [4.78, 5) is 0.141. The van der Waals surface area contributed by atoms with Crippen LogP contribution in [0.4, 0.5) is 18.9 Å². The van der Waals surface area contributed by atoms with E-state index in [1.54, 1.807) is 6.92 Å². The molecule has 1 rings (SSSR count). The first-order valence-electron chi connectivity index (χ1n) is 5.85. The van der Waals surface area contributed by atoms with Crippen LogP contribution >= 0.6 is 0 Å². The molecule has 0 amide bonds. The van der Waals surface area contributed by atoms with Gasteiger partial charge in [0.25, 0.3) is 0 Å². The molecule has 0 saturated heterocycles. The van der Waals surface area contributed by atoms with Crippen LogP contribution in [0.1, 0.15) is 12.0 Å². The minimum atomic E-state index is -4.40. The first-order valence-corrected chi connectivity index (χ1v) is 7.50. The summed E-state index contributed by atoms with van der Waals surface area (Å²) in [5.74, 6) is -0.268. The number of nitrogen functional groups attached to an aromatic ring is 1. The number of hydrogen-bond acceptors (Lipinski definition) is 4. The maximum atomic E-state index is 12.0. The molecule has 0 heterocycles.